The van der Waals surface area contributed by atoms with Crippen LogP contribution >= 0.6 is 11.3 Å². The fourth-order valence-electron chi connectivity index (χ4n) is 3.84. The molecule has 1 aromatic carbocycles. The largest absolute Gasteiger partial charge is 0.378 e. The molecule has 1 aromatic heterocycles. The maximum atomic E-state index is 12.7. The van der Waals surface area contributed by atoms with Crippen LogP contribution in [0.5, 0.6) is 0 Å². The summed E-state index contributed by atoms with van der Waals surface area (Å²) in [5.74, 6) is 0.126. The third-order valence-corrected chi connectivity index (χ3v) is 6.82. The number of morpholine rings is 1. The lowest BCUT2D eigenvalue weighted by molar-refractivity contribution is -0.120. The molecule has 6 heteroatoms. The predicted octanol–water partition coefficient (Wildman–Crippen LogP) is 3.53. The van der Waals surface area contributed by atoms with Gasteiger partial charge in [0.05, 0.1) is 18.1 Å². The Labute approximate surface area is 169 Å². The van der Waals surface area contributed by atoms with E-state index in [1.165, 1.54) is 10.4 Å². The molecular weight excluding hydrogens is 372 g/mol. The number of hydrogen-bond acceptors (Lipinski definition) is 4. The van der Waals surface area contributed by atoms with Crippen LogP contribution in [0.25, 0.3) is 0 Å². The van der Waals surface area contributed by atoms with Crippen LogP contribution in [0.2, 0.25) is 0 Å². The number of rotatable bonds is 4. The number of nitrogens with one attached hydrogen (secondary N) is 1. The monoisotopic (exact) mass is 398 g/mol. The van der Waals surface area contributed by atoms with Crippen LogP contribution in [0, 0.1) is 5.92 Å². The van der Waals surface area contributed by atoms with E-state index in [1.807, 2.05) is 23.1 Å². The van der Waals surface area contributed by atoms with E-state index in [2.05, 4.69) is 24.4 Å². The molecule has 0 spiro atoms. The SMILES string of the molecule is CCc1ccc(NC(=O)C2CCc3sc(C(=O)N4CCOCC4)cc3C2)cc1. The fraction of sp³-hybridized carbons (Fsp3) is 0.455. The number of fused-ring (bicyclic) bond motifs is 1. The number of thiophene rings is 1. The van der Waals surface area contributed by atoms with Gasteiger partial charge in [0.15, 0.2) is 0 Å². The van der Waals surface area contributed by atoms with Crippen LogP contribution in [0.3, 0.4) is 0 Å². The van der Waals surface area contributed by atoms with Crippen molar-refractivity contribution >= 4 is 28.8 Å². The second-order valence-electron chi connectivity index (χ2n) is 7.44. The van der Waals surface area contributed by atoms with Crippen molar-refractivity contribution in [3.8, 4) is 0 Å². The number of carbonyl (C=O) groups excluding carboxylic acids is 2. The molecule has 4 rings (SSSR count). The zero-order chi connectivity index (χ0) is 19.5. The summed E-state index contributed by atoms with van der Waals surface area (Å²) in [6, 6.07) is 10.0. The van der Waals surface area contributed by atoms with E-state index in [-0.39, 0.29) is 17.7 Å². The third-order valence-electron chi connectivity index (χ3n) is 5.59. The Morgan fingerprint density at radius 3 is 2.68 bits per heavy atom. The Morgan fingerprint density at radius 2 is 1.96 bits per heavy atom. The van der Waals surface area contributed by atoms with E-state index < -0.39 is 0 Å². The molecule has 0 radical (unpaired) electrons. The molecule has 2 amide bonds. The molecule has 0 saturated carbocycles. The highest BCUT2D eigenvalue weighted by atomic mass is 32.1. The molecule has 148 valence electrons. The van der Waals surface area contributed by atoms with Gasteiger partial charge in [0.1, 0.15) is 0 Å². The third kappa shape index (κ3) is 4.13. The van der Waals surface area contributed by atoms with Crippen molar-refractivity contribution in [1.29, 1.82) is 0 Å². The van der Waals surface area contributed by atoms with E-state index >= 15 is 0 Å². The Balaban J connectivity index is 1.40. The Hall–Kier alpha value is -2.18. The number of nitrogens with zero attached hydrogens (tertiary/aromatic N) is 1. The van der Waals surface area contributed by atoms with Crippen molar-refractivity contribution in [3.63, 3.8) is 0 Å². The van der Waals surface area contributed by atoms with Gasteiger partial charge in [0, 0.05) is 29.6 Å². The van der Waals surface area contributed by atoms with E-state index in [0.29, 0.717) is 32.7 Å². The first-order valence-corrected chi connectivity index (χ1v) is 10.8. The molecule has 2 aromatic rings. The summed E-state index contributed by atoms with van der Waals surface area (Å²) in [6.45, 7) is 4.65. The number of aryl methyl sites for hydroxylation is 2. The standard InChI is InChI=1S/C22H26N2O3S/c1-2-15-3-6-18(7-4-15)23-21(25)16-5-8-19-17(13-16)14-20(28-19)22(26)24-9-11-27-12-10-24/h3-4,6-7,14,16H,2,5,8-13H2,1H3,(H,23,25). The van der Waals surface area contributed by atoms with Crippen molar-refractivity contribution in [2.75, 3.05) is 31.6 Å². The van der Waals surface area contributed by atoms with Crippen LogP contribution in [-0.2, 0) is 28.8 Å². The van der Waals surface area contributed by atoms with Crippen LogP contribution in [0.15, 0.2) is 30.3 Å². The lowest BCUT2D eigenvalue weighted by Crippen LogP contribution is -2.40. The fourth-order valence-corrected chi connectivity index (χ4v) is 5.02. The summed E-state index contributed by atoms with van der Waals surface area (Å²) in [6.07, 6.45) is 3.39. The van der Waals surface area contributed by atoms with E-state index in [9.17, 15) is 9.59 Å². The summed E-state index contributed by atoms with van der Waals surface area (Å²) < 4.78 is 5.33. The molecule has 1 aliphatic carbocycles. The molecule has 1 N–H and O–H groups in total. The van der Waals surface area contributed by atoms with Crippen molar-refractivity contribution in [3.05, 3.63) is 51.2 Å². The summed E-state index contributed by atoms with van der Waals surface area (Å²) in [7, 11) is 0. The van der Waals surface area contributed by atoms with Gasteiger partial charge < -0.3 is 15.0 Å². The van der Waals surface area contributed by atoms with Crippen LogP contribution < -0.4 is 5.32 Å². The quantitative estimate of drug-likeness (QED) is 0.857. The second kappa shape index (κ2) is 8.45. The molecule has 1 atom stereocenters. The molecule has 1 aliphatic heterocycles. The minimum Gasteiger partial charge on any atom is -0.378 e. The Morgan fingerprint density at radius 1 is 1.21 bits per heavy atom. The highest BCUT2D eigenvalue weighted by molar-refractivity contribution is 7.14. The smallest absolute Gasteiger partial charge is 0.264 e. The zero-order valence-electron chi connectivity index (χ0n) is 16.2. The minimum absolute atomic E-state index is 0.0423. The summed E-state index contributed by atoms with van der Waals surface area (Å²) >= 11 is 1.60. The van der Waals surface area contributed by atoms with Crippen LogP contribution in [0.1, 0.15) is 39.0 Å². The van der Waals surface area contributed by atoms with Crippen molar-refractivity contribution < 1.29 is 14.3 Å². The molecule has 28 heavy (non-hydrogen) atoms. The van der Waals surface area contributed by atoms with Gasteiger partial charge in [-0.25, -0.2) is 0 Å². The molecule has 5 nitrogen and oxygen atoms in total. The molecule has 1 saturated heterocycles. The average molecular weight is 399 g/mol. The van der Waals surface area contributed by atoms with Crippen molar-refractivity contribution in [2.45, 2.75) is 32.6 Å². The van der Waals surface area contributed by atoms with Gasteiger partial charge in [-0.15, -0.1) is 11.3 Å². The highest BCUT2D eigenvalue weighted by Crippen LogP contribution is 2.33. The van der Waals surface area contributed by atoms with Crippen LogP contribution in [0.4, 0.5) is 5.69 Å². The van der Waals surface area contributed by atoms with E-state index in [1.54, 1.807) is 11.3 Å². The first-order chi connectivity index (χ1) is 13.6. The van der Waals surface area contributed by atoms with Gasteiger partial charge in [0.2, 0.25) is 5.91 Å². The maximum absolute atomic E-state index is 12.7. The Bertz CT molecular complexity index is 853. The molecule has 0 bridgehead atoms. The van der Waals surface area contributed by atoms with E-state index in [0.717, 1.165) is 35.4 Å². The van der Waals surface area contributed by atoms with Gasteiger partial charge >= 0.3 is 0 Å². The van der Waals surface area contributed by atoms with Crippen LogP contribution in [-0.4, -0.2) is 43.0 Å². The van der Waals surface area contributed by atoms with Crippen molar-refractivity contribution in [1.82, 2.24) is 4.90 Å². The first kappa shape index (κ1) is 19.2. The number of hydrogen-bond donors (Lipinski definition) is 1. The lowest BCUT2D eigenvalue weighted by atomic mass is 9.87. The first-order valence-electron chi connectivity index (χ1n) is 10.0. The molecule has 1 unspecified atom stereocenters. The zero-order valence-corrected chi connectivity index (χ0v) is 17.0. The summed E-state index contributed by atoms with van der Waals surface area (Å²) in [4.78, 5) is 29.4. The molecule has 2 aliphatic rings. The van der Waals surface area contributed by atoms with Crippen molar-refractivity contribution in [2.24, 2.45) is 5.92 Å². The van der Waals surface area contributed by atoms with Gasteiger partial charge in [0.25, 0.3) is 5.91 Å². The maximum Gasteiger partial charge on any atom is 0.264 e. The predicted molar refractivity (Wildman–Crippen MR) is 111 cm³/mol. The topological polar surface area (TPSA) is 58.6 Å². The van der Waals surface area contributed by atoms with E-state index in [4.69, 9.17) is 4.74 Å². The lowest BCUT2D eigenvalue weighted by Gasteiger charge is -2.26. The Kier molecular flexibility index (Phi) is 5.78. The van der Waals surface area contributed by atoms with Gasteiger partial charge in [-0.2, -0.15) is 0 Å². The molecule has 2 heterocycles. The van der Waals surface area contributed by atoms with Gasteiger partial charge in [-0.05, 0) is 55.0 Å². The number of benzene rings is 1. The van der Waals surface area contributed by atoms with Gasteiger partial charge in [-0.3, -0.25) is 9.59 Å². The summed E-state index contributed by atoms with van der Waals surface area (Å²) in [5, 5.41) is 3.05. The van der Waals surface area contributed by atoms with Gasteiger partial charge in [-0.1, -0.05) is 19.1 Å². The minimum atomic E-state index is -0.0423. The highest BCUT2D eigenvalue weighted by Gasteiger charge is 2.29. The average Bonchev–Trinajstić information content (AvgIpc) is 3.17. The second-order valence-corrected chi connectivity index (χ2v) is 8.58. The summed E-state index contributed by atoms with van der Waals surface area (Å²) in [5.41, 5.74) is 3.27. The molecular formula is C22H26N2O3S. The number of carbonyl (C=O) groups is 2. The molecule has 1 fully saturated rings. The number of anilines is 1. The number of ether oxygens (including phenoxy) is 1. The normalized spacial score (nSPS) is 19.2. The number of amides is 2.